The predicted molar refractivity (Wildman–Crippen MR) is 107 cm³/mol. The molecular weight excluding hydrogens is 326 g/mol. The molecule has 0 saturated heterocycles. The maximum absolute atomic E-state index is 5.39. The van der Waals surface area contributed by atoms with Gasteiger partial charge in [-0.25, -0.2) is 0 Å². The first kappa shape index (κ1) is 20.1. The summed E-state index contributed by atoms with van der Waals surface area (Å²) < 4.78 is 15.9. The van der Waals surface area contributed by atoms with Crippen LogP contribution in [0.25, 0.3) is 0 Å². The molecule has 2 aromatic rings. The third-order valence-electron chi connectivity index (χ3n) is 4.96. The van der Waals surface area contributed by atoms with Gasteiger partial charge in [-0.05, 0) is 68.6 Å². The van der Waals surface area contributed by atoms with Crippen LogP contribution in [0.2, 0.25) is 0 Å². The summed E-state index contributed by atoms with van der Waals surface area (Å²) in [5.41, 5.74) is 2.61. The second-order valence-electron chi connectivity index (χ2n) is 6.66. The fourth-order valence-electron chi connectivity index (χ4n) is 2.95. The lowest BCUT2D eigenvalue weighted by Gasteiger charge is -2.25. The van der Waals surface area contributed by atoms with Gasteiger partial charge in [0.05, 0.1) is 21.3 Å². The number of hydrogen-bond acceptors (Lipinski definition) is 4. The summed E-state index contributed by atoms with van der Waals surface area (Å²) in [4.78, 5) is 2.42. The molecule has 0 saturated carbocycles. The van der Waals surface area contributed by atoms with Crippen molar-refractivity contribution in [2.45, 2.75) is 32.2 Å². The Bertz CT molecular complexity index is 670. The van der Waals surface area contributed by atoms with Crippen molar-refractivity contribution in [1.82, 2.24) is 4.90 Å². The van der Waals surface area contributed by atoms with Gasteiger partial charge in [0.2, 0.25) is 0 Å². The fraction of sp³-hybridized carbons (Fsp3) is 0.455. The summed E-state index contributed by atoms with van der Waals surface area (Å²) >= 11 is 0. The molecule has 0 radical (unpaired) electrons. The van der Waals surface area contributed by atoms with Crippen LogP contribution < -0.4 is 14.2 Å². The minimum atomic E-state index is 0.525. The normalized spacial score (nSPS) is 12.1. The number of hydrogen-bond donors (Lipinski definition) is 0. The summed E-state index contributed by atoms with van der Waals surface area (Å²) in [6.45, 7) is 3.30. The molecule has 0 aromatic heterocycles. The lowest BCUT2D eigenvalue weighted by Crippen LogP contribution is -2.31. The molecule has 0 N–H and O–H groups in total. The average molecular weight is 357 g/mol. The van der Waals surface area contributed by atoms with Crippen molar-refractivity contribution in [3.8, 4) is 17.2 Å². The topological polar surface area (TPSA) is 30.9 Å². The number of rotatable bonds is 10. The first-order valence-electron chi connectivity index (χ1n) is 9.11. The van der Waals surface area contributed by atoms with E-state index in [4.69, 9.17) is 14.2 Å². The number of methoxy groups -OCH3 is 3. The van der Waals surface area contributed by atoms with Crippen molar-refractivity contribution in [2.75, 3.05) is 34.9 Å². The Labute approximate surface area is 157 Å². The van der Waals surface area contributed by atoms with Gasteiger partial charge in [0.15, 0.2) is 11.5 Å². The first-order chi connectivity index (χ1) is 12.6. The van der Waals surface area contributed by atoms with E-state index in [2.05, 4.69) is 43.1 Å². The van der Waals surface area contributed by atoms with Crippen LogP contribution in [0.5, 0.6) is 17.2 Å². The van der Waals surface area contributed by atoms with E-state index >= 15 is 0 Å². The average Bonchev–Trinajstić information content (AvgIpc) is 2.70. The van der Waals surface area contributed by atoms with Gasteiger partial charge in [0.1, 0.15) is 5.75 Å². The third kappa shape index (κ3) is 5.67. The van der Waals surface area contributed by atoms with Gasteiger partial charge in [-0.1, -0.05) is 18.2 Å². The fourth-order valence-corrected chi connectivity index (χ4v) is 2.95. The van der Waals surface area contributed by atoms with Crippen LogP contribution in [0.1, 0.15) is 24.5 Å². The zero-order valence-corrected chi connectivity index (χ0v) is 16.6. The molecule has 0 amide bonds. The van der Waals surface area contributed by atoms with Crippen LogP contribution >= 0.6 is 0 Å². The highest BCUT2D eigenvalue weighted by Crippen LogP contribution is 2.27. The zero-order chi connectivity index (χ0) is 18.9. The van der Waals surface area contributed by atoms with E-state index in [1.54, 1.807) is 21.3 Å². The van der Waals surface area contributed by atoms with Gasteiger partial charge in [0, 0.05) is 12.6 Å². The van der Waals surface area contributed by atoms with E-state index in [-0.39, 0.29) is 0 Å². The Hall–Kier alpha value is -2.20. The summed E-state index contributed by atoms with van der Waals surface area (Å²) in [6.07, 6.45) is 3.20. The lowest BCUT2D eigenvalue weighted by molar-refractivity contribution is 0.249. The third-order valence-corrected chi connectivity index (χ3v) is 4.96. The zero-order valence-electron chi connectivity index (χ0n) is 16.6. The van der Waals surface area contributed by atoms with Crippen molar-refractivity contribution in [1.29, 1.82) is 0 Å². The first-order valence-corrected chi connectivity index (χ1v) is 9.11. The van der Waals surface area contributed by atoms with E-state index in [1.165, 1.54) is 11.1 Å². The van der Waals surface area contributed by atoms with Gasteiger partial charge in [-0.3, -0.25) is 0 Å². The van der Waals surface area contributed by atoms with Crippen molar-refractivity contribution in [3.63, 3.8) is 0 Å². The Balaban J connectivity index is 1.81. The highest BCUT2D eigenvalue weighted by molar-refractivity contribution is 5.42. The molecule has 142 valence electrons. The molecule has 0 aliphatic carbocycles. The van der Waals surface area contributed by atoms with Crippen molar-refractivity contribution in [3.05, 3.63) is 53.6 Å². The molecule has 0 heterocycles. The maximum atomic E-state index is 5.39. The van der Waals surface area contributed by atoms with Crippen molar-refractivity contribution >= 4 is 0 Å². The van der Waals surface area contributed by atoms with Crippen LogP contribution in [0, 0.1) is 0 Å². The molecule has 0 fully saturated rings. The number of nitrogens with zero attached hydrogens (tertiary/aromatic N) is 1. The van der Waals surface area contributed by atoms with Gasteiger partial charge in [0.25, 0.3) is 0 Å². The highest BCUT2D eigenvalue weighted by atomic mass is 16.5. The molecule has 0 spiro atoms. The molecule has 2 rings (SSSR count). The van der Waals surface area contributed by atoms with Gasteiger partial charge in [-0.15, -0.1) is 0 Å². The van der Waals surface area contributed by atoms with Crippen LogP contribution in [-0.4, -0.2) is 45.9 Å². The minimum Gasteiger partial charge on any atom is -0.497 e. The second kappa shape index (κ2) is 10.1. The molecule has 0 aliphatic rings. The smallest absolute Gasteiger partial charge is 0.160 e. The number of ether oxygens (including phenoxy) is 3. The van der Waals surface area contributed by atoms with E-state index in [1.807, 2.05) is 18.2 Å². The molecule has 2 aromatic carbocycles. The van der Waals surface area contributed by atoms with Crippen LogP contribution in [-0.2, 0) is 12.8 Å². The van der Waals surface area contributed by atoms with E-state index in [0.29, 0.717) is 6.04 Å². The quantitative estimate of drug-likeness (QED) is 0.637. The Morgan fingerprint density at radius 2 is 1.46 bits per heavy atom. The summed E-state index contributed by atoms with van der Waals surface area (Å²) in [6, 6.07) is 15.0. The number of benzene rings is 2. The highest BCUT2D eigenvalue weighted by Gasteiger charge is 2.11. The van der Waals surface area contributed by atoms with E-state index in [0.717, 1.165) is 43.1 Å². The summed E-state index contributed by atoms with van der Waals surface area (Å²) in [5.74, 6) is 2.48. The SMILES string of the molecule is COc1ccc(CCC(C)N(C)CCc2ccc(OC)c(OC)c2)cc1. The lowest BCUT2D eigenvalue weighted by atomic mass is 10.0. The van der Waals surface area contributed by atoms with Crippen molar-refractivity contribution in [2.24, 2.45) is 0 Å². The molecule has 0 bridgehead atoms. The van der Waals surface area contributed by atoms with Crippen LogP contribution in [0.15, 0.2) is 42.5 Å². The van der Waals surface area contributed by atoms with Gasteiger partial charge < -0.3 is 19.1 Å². The Morgan fingerprint density at radius 3 is 2.08 bits per heavy atom. The van der Waals surface area contributed by atoms with E-state index in [9.17, 15) is 0 Å². The van der Waals surface area contributed by atoms with Gasteiger partial charge in [-0.2, -0.15) is 0 Å². The van der Waals surface area contributed by atoms with E-state index < -0.39 is 0 Å². The molecule has 0 aliphatic heterocycles. The van der Waals surface area contributed by atoms with Gasteiger partial charge >= 0.3 is 0 Å². The monoisotopic (exact) mass is 357 g/mol. The van der Waals surface area contributed by atoms with Crippen molar-refractivity contribution < 1.29 is 14.2 Å². The number of likely N-dealkylation sites (N-methyl/N-ethyl adjacent to an activating group) is 1. The standard InChI is InChI=1S/C22H31NO3/c1-17(6-7-18-8-11-20(24-3)12-9-18)23(2)15-14-19-10-13-21(25-4)22(16-19)26-5/h8-13,16-17H,6-7,14-15H2,1-5H3. The van der Waals surface area contributed by atoms with Crippen LogP contribution in [0.3, 0.4) is 0 Å². The van der Waals surface area contributed by atoms with Crippen LogP contribution in [0.4, 0.5) is 0 Å². The molecule has 4 heteroatoms. The Morgan fingerprint density at radius 1 is 0.808 bits per heavy atom. The number of aryl methyl sites for hydroxylation is 1. The summed E-state index contributed by atoms with van der Waals surface area (Å²) in [7, 11) is 7.23. The Kier molecular flexibility index (Phi) is 7.79. The predicted octanol–water partition coefficient (Wildman–Crippen LogP) is 4.21. The largest absolute Gasteiger partial charge is 0.497 e. The second-order valence-corrected chi connectivity index (χ2v) is 6.66. The maximum Gasteiger partial charge on any atom is 0.160 e. The molecule has 1 unspecified atom stereocenters. The molecule has 1 atom stereocenters. The molecule has 26 heavy (non-hydrogen) atoms. The molecule has 4 nitrogen and oxygen atoms in total. The molecular formula is C22H31NO3. The summed E-state index contributed by atoms with van der Waals surface area (Å²) in [5, 5.41) is 0. The minimum absolute atomic E-state index is 0.525.